The first-order chi connectivity index (χ1) is 15.4. The Balaban J connectivity index is 1.54. The van der Waals surface area contributed by atoms with Gasteiger partial charge in [-0.25, -0.2) is 18.4 Å². The lowest BCUT2D eigenvalue weighted by Gasteiger charge is -2.38. The Bertz CT molecular complexity index is 1140. The number of hydrogen-bond donors (Lipinski definition) is 1. The summed E-state index contributed by atoms with van der Waals surface area (Å²) in [4.78, 5) is 6.09. The number of hydrogen-bond acceptors (Lipinski definition) is 7. The van der Waals surface area contributed by atoms with Gasteiger partial charge in [0.2, 0.25) is 0 Å². The van der Waals surface area contributed by atoms with Crippen LogP contribution in [0, 0.1) is 23.1 Å². The van der Waals surface area contributed by atoms with E-state index in [0.29, 0.717) is 17.1 Å². The van der Waals surface area contributed by atoms with E-state index in [4.69, 9.17) is 5.26 Å². The largest absolute Gasteiger partial charge is 0.507 e. The molecule has 0 saturated heterocycles. The summed E-state index contributed by atoms with van der Waals surface area (Å²) in [6.45, 7) is 2.01. The molecule has 2 aromatic heterocycles. The van der Waals surface area contributed by atoms with Gasteiger partial charge in [-0.15, -0.1) is 10.2 Å². The number of halogens is 2. The van der Waals surface area contributed by atoms with Crippen LogP contribution in [0.1, 0.15) is 38.3 Å². The highest BCUT2D eigenvalue weighted by Gasteiger charge is 2.35. The minimum absolute atomic E-state index is 0.0550. The molecule has 0 amide bonds. The van der Waals surface area contributed by atoms with Crippen LogP contribution in [0.25, 0.3) is 17.1 Å². The molecule has 3 atom stereocenters. The summed E-state index contributed by atoms with van der Waals surface area (Å²) in [5.74, 6) is -0.184. The van der Waals surface area contributed by atoms with E-state index in [1.54, 1.807) is 30.1 Å². The van der Waals surface area contributed by atoms with Crippen molar-refractivity contribution in [1.29, 1.82) is 5.26 Å². The van der Waals surface area contributed by atoms with Crippen molar-refractivity contribution < 1.29 is 13.9 Å². The van der Waals surface area contributed by atoms with Gasteiger partial charge in [-0.3, -0.25) is 0 Å². The van der Waals surface area contributed by atoms with E-state index < -0.39 is 12.0 Å². The van der Waals surface area contributed by atoms with Gasteiger partial charge in [0.25, 0.3) is 0 Å². The summed E-state index contributed by atoms with van der Waals surface area (Å²) >= 11 is 0. The molecule has 32 heavy (non-hydrogen) atoms. The number of nitrogens with zero attached hydrogens (tertiary/aromatic N) is 7. The number of phenols is 1. The summed E-state index contributed by atoms with van der Waals surface area (Å²) in [5.41, 5.74) is 0.364. The molecule has 1 aromatic carbocycles. The maximum Gasteiger partial charge on any atom is 0.198 e. The molecule has 0 unspecified atom stereocenters. The summed E-state index contributed by atoms with van der Waals surface area (Å²) in [6, 6.07) is 5.91. The Morgan fingerprint density at radius 1 is 1.31 bits per heavy atom. The van der Waals surface area contributed by atoms with Gasteiger partial charge in [-0.1, -0.05) is 19.8 Å². The Labute approximate surface area is 184 Å². The van der Waals surface area contributed by atoms with Gasteiger partial charge in [0, 0.05) is 13.1 Å². The zero-order valence-corrected chi connectivity index (χ0v) is 17.8. The molecule has 1 fully saturated rings. The van der Waals surface area contributed by atoms with Gasteiger partial charge in [-0.05, 0) is 30.9 Å². The third-order valence-electron chi connectivity index (χ3n) is 6.09. The normalized spacial score (nSPS) is 20.7. The first-order valence-electron chi connectivity index (χ1n) is 10.5. The maximum atomic E-state index is 14.9. The predicted octanol–water partition coefficient (Wildman–Crippen LogP) is 3.79. The van der Waals surface area contributed by atoms with Gasteiger partial charge < -0.3 is 10.0 Å². The summed E-state index contributed by atoms with van der Waals surface area (Å²) < 4.78 is 29.7. The van der Waals surface area contributed by atoms with E-state index in [9.17, 15) is 13.9 Å². The SMILES string of the molecule is CC[C@@H]1CCC[C@H](N(C)c2cnc(-c3ccc(-n4cc(F)c(C#N)n4)cc3O)nn2)[C@@H]1F. The summed E-state index contributed by atoms with van der Waals surface area (Å²) in [7, 11) is 1.80. The van der Waals surface area contributed by atoms with Crippen molar-refractivity contribution in [2.45, 2.75) is 44.8 Å². The highest BCUT2D eigenvalue weighted by atomic mass is 19.1. The number of anilines is 1. The van der Waals surface area contributed by atoms with Crippen LogP contribution in [-0.2, 0) is 0 Å². The second-order valence-corrected chi connectivity index (χ2v) is 7.95. The Hall–Kier alpha value is -3.61. The Morgan fingerprint density at radius 2 is 2.12 bits per heavy atom. The molecule has 3 aromatic rings. The van der Waals surface area contributed by atoms with Crippen LogP contribution in [0.3, 0.4) is 0 Å². The van der Waals surface area contributed by atoms with E-state index in [2.05, 4.69) is 20.3 Å². The third kappa shape index (κ3) is 3.98. The highest BCUT2D eigenvalue weighted by molar-refractivity contribution is 5.66. The topological polar surface area (TPSA) is 104 Å². The van der Waals surface area contributed by atoms with E-state index in [-0.39, 0.29) is 29.2 Å². The predicted molar refractivity (Wildman–Crippen MR) is 113 cm³/mol. The zero-order chi connectivity index (χ0) is 22.8. The molecule has 0 bridgehead atoms. The van der Waals surface area contributed by atoms with Gasteiger partial charge in [-0.2, -0.15) is 10.4 Å². The minimum atomic E-state index is -0.925. The molecule has 10 heteroatoms. The van der Waals surface area contributed by atoms with Gasteiger partial charge in [0.15, 0.2) is 23.2 Å². The fourth-order valence-corrected chi connectivity index (χ4v) is 4.19. The van der Waals surface area contributed by atoms with E-state index in [1.807, 2.05) is 6.92 Å². The second kappa shape index (κ2) is 8.86. The van der Waals surface area contributed by atoms with Gasteiger partial charge in [0.05, 0.1) is 29.7 Å². The van der Waals surface area contributed by atoms with Crippen LogP contribution in [0.5, 0.6) is 5.75 Å². The monoisotopic (exact) mass is 439 g/mol. The molecular formula is C22H23F2N7O. The van der Waals surface area contributed by atoms with Crippen molar-refractivity contribution in [3.05, 3.63) is 42.1 Å². The summed E-state index contributed by atoms with van der Waals surface area (Å²) in [6.07, 6.45) is 5.09. The molecule has 0 radical (unpaired) electrons. The zero-order valence-electron chi connectivity index (χ0n) is 17.8. The lowest BCUT2D eigenvalue weighted by molar-refractivity contribution is 0.134. The smallest absolute Gasteiger partial charge is 0.198 e. The fourth-order valence-electron chi connectivity index (χ4n) is 4.19. The van der Waals surface area contributed by atoms with E-state index in [1.165, 1.54) is 12.3 Å². The number of aromatic nitrogens is 5. The van der Waals surface area contributed by atoms with Crippen LogP contribution >= 0.6 is 0 Å². The van der Waals surface area contributed by atoms with E-state index in [0.717, 1.165) is 36.6 Å². The quantitative estimate of drug-likeness (QED) is 0.645. The molecule has 1 aliphatic rings. The van der Waals surface area contributed by atoms with Crippen LogP contribution < -0.4 is 4.90 Å². The molecule has 0 aliphatic heterocycles. The molecule has 1 N–H and O–H groups in total. The summed E-state index contributed by atoms with van der Waals surface area (Å²) in [5, 5.41) is 31.4. The minimum Gasteiger partial charge on any atom is -0.507 e. The third-order valence-corrected chi connectivity index (χ3v) is 6.09. The number of aromatic hydroxyl groups is 1. The Kier molecular flexibility index (Phi) is 5.99. The van der Waals surface area contributed by atoms with Crippen molar-refractivity contribution in [2.24, 2.45) is 5.92 Å². The number of benzene rings is 1. The van der Waals surface area contributed by atoms with Crippen molar-refractivity contribution >= 4 is 5.82 Å². The standard InChI is InChI=1S/C22H23F2N7O/c1-3-13-5-4-6-18(21(13)24)30(2)20-11-26-22(28-27-20)15-8-7-14(9-19(15)32)31-12-16(23)17(10-25)29-31/h7-9,11-13,18,21,32H,3-6H2,1-2H3/t13-,18+,21-/m1/s1. The molecular weight excluding hydrogens is 416 g/mol. The molecule has 4 rings (SSSR count). The molecule has 2 heterocycles. The Morgan fingerprint density at radius 3 is 2.75 bits per heavy atom. The molecule has 166 valence electrons. The van der Waals surface area contributed by atoms with Crippen molar-refractivity contribution in [2.75, 3.05) is 11.9 Å². The lowest BCUT2D eigenvalue weighted by atomic mass is 9.82. The van der Waals surface area contributed by atoms with Crippen LogP contribution in [0.4, 0.5) is 14.6 Å². The number of rotatable bonds is 5. The van der Waals surface area contributed by atoms with Crippen LogP contribution in [0.2, 0.25) is 0 Å². The maximum absolute atomic E-state index is 14.9. The van der Waals surface area contributed by atoms with Gasteiger partial charge in [0.1, 0.15) is 18.0 Å². The number of phenolic OH excluding ortho intramolecular Hbond substituents is 1. The van der Waals surface area contributed by atoms with E-state index >= 15 is 0 Å². The lowest BCUT2D eigenvalue weighted by Crippen LogP contribution is -2.45. The fraction of sp³-hybridized carbons (Fsp3) is 0.409. The van der Waals surface area contributed by atoms with Crippen molar-refractivity contribution in [1.82, 2.24) is 25.0 Å². The van der Waals surface area contributed by atoms with Crippen LogP contribution in [0.15, 0.2) is 30.6 Å². The van der Waals surface area contributed by atoms with Gasteiger partial charge >= 0.3 is 0 Å². The number of nitriles is 1. The van der Waals surface area contributed by atoms with Crippen molar-refractivity contribution in [3.63, 3.8) is 0 Å². The molecule has 0 spiro atoms. The molecule has 1 saturated carbocycles. The average molecular weight is 439 g/mol. The molecule has 1 aliphatic carbocycles. The molecule has 8 nitrogen and oxygen atoms in total. The van der Waals surface area contributed by atoms with Crippen LogP contribution in [-0.4, -0.2) is 49.3 Å². The van der Waals surface area contributed by atoms with Crippen molar-refractivity contribution in [3.8, 4) is 28.9 Å². The second-order valence-electron chi connectivity index (χ2n) is 7.95. The number of alkyl halides is 1. The first-order valence-corrected chi connectivity index (χ1v) is 10.5. The highest BCUT2D eigenvalue weighted by Crippen LogP contribution is 2.34. The average Bonchev–Trinajstić information content (AvgIpc) is 3.19. The first kappa shape index (κ1) is 21.6.